The van der Waals surface area contributed by atoms with Crippen molar-refractivity contribution in [2.24, 2.45) is 0 Å². The molecule has 5 rings (SSSR count). The van der Waals surface area contributed by atoms with Crippen LogP contribution in [0.4, 0.5) is 10.2 Å². The van der Waals surface area contributed by atoms with Gasteiger partial charge in [0.15, 0.2) is 17.5 Å². The van der Waals surface area contributed by atoms with Gasteiger partial charge >= 0.3 is 0 Å². The van der Waals surface area contributed by atoms with Crippen molar-refractivity contribution in [1.82, 2.24) is 25.3 Å². The Balaban J connectivity index is 1.57. The normalized spacial score (nSPS) is 16.4. The highest BCUT2D eigenvalue weighted by Gasteiger charge is 2.24. The highest BCUT2D eigenvalue weighted by Crippen LogP contribution is 2.32. The third-order valence-electron chi connectivity index (χ3n) is 5.58. The lowest BCUT2D eigenvalue weighted by molar-refractivity contribution is 0.596. The van der Waals surface area contributed by atoms with E-state index in [0.29, 0.717) is 16.6 Å². The summed E-state index contributed by atoms with van der Waals surface area (Å²) in [6.45, 7) is 3.41. The van der Waals surface area contributed by atoms with Crippen LogP contribution in [0.3, 0.4) is 0 Å². The van der Waals surface area contributed by atoms with Crippen LogP contribution in [0.15, 0.2) is 52.6 Å². The Bertz CT molecular complexity index is 1470. The number of H-pyrrole nitrogens is 1. The first-order valence-corrected chi connectivity index (χ1v) is 12.2. The van der Waals surface area contributed by atoms with Crippen LogP contribution in [0.5, 0.6) is 0 Å². The molecular weight excluding hydrogens is 467 g/mol. The molecular formula is C22H20ClFN6O2S. The Kier molecular flexibility index (Phi) is 5.51. The molecule has 33 heavy (non-hydrogen) atoms. The van der Waals surface area contributed by atoms with Gasteiger partial charge in [-0.25, -0.2) is 27.8 Å². The van der Waals surface area contributed by atoms with Crippen molar-refractivity contribution >= 4 is 38.3 Å². The molecule has 0 aliphatic carbocycles. The molecule has 11 heteroatoms. The fourth-order valence-corrected chi connectivity index (χ4v) is 5.66. The van der Waals surface area contributed by atoms with Gasteiger partial charge in [-0.2, -0.15) is 0 Å². The van der Waals surface area contributed by atoms with Gasteiger partial charge in [-0.05, 0) is 43.7 Å². The molecule has 1 saturated heterocycles. The molecule has 0 radical (unpaired) electrons. The van der Waals surface area contributed by atoms with Gasteiger partial charge in [-0.15, -0.1) is 0 Å². The molecule has 3 aromatic heterocycles. The van der Waals surface area contributed by atoms with E-state index in [9.17, 15) is 12.8 Å². The number of rotatable bonds is 5. The molecule has 0 spiro atoms. The fourth-order valence-electron chi connectivity index (χ4n) is 3.84. The number of benzene rings is 1. The molecule has 8 nitrogen and oxygen atoms in total. The molecule has 1 fully saturated rings. The van der Waals surface area contributed by atoms with Crippen LogP contribution >= 0.6 is 11.6 Å². The number of aromatic amines is 1. The van der Waals surface area contributed by atoms with E-state index in [4.69, 9.17) is 11.6 Å². The molecule has 4 aromatic rings. The maximum atomic E-state index is 14.3. The largest absolute Gasteiger partial charge is 0.363 e. The van der Waals surface area contributed by atoms with E-state index < -0.39 is 15.7 Å². The highest BCUT2D eigenvalue weighted by molar-refractivity contribution is 7.91. The van der Waals surface area contributed by atoms with Gasteiger partial charge in [0, 0.05) is 35.9 Å². The molecule has 0 saturated carbocycles. The van der Waals surface area contributed by atoms with Crippen molar-refractivity contribution in [3.8, 4) is 11.4 Å². The molecule has 1 aliphatic rings. The monoisotopic (exact) mass is 486 g/mol. The van der Waals surface area contributed by atoms with Crippen LogP contribution in [-0.2, 0) is 9.84 Å². The smallest absolute Gasteiger partial charge is 0.209 e. The van der Waals surface area contributed by atoms with Crippen molar-refractivity contribution in [2.45, 2.75) is 29.2 Å². The van der Waals surface area contributed by atoms with Gasteiger partial charge in [-0.3, -0.25) is 0 Å². The summed E-state index contributed by atoms with van der Waals surface area (Å²) in [6, 6.07) is 6.34. The number of hydrogen-bond donors (Lipinski definition) is 3. The summed E-state index contributed by atoms with van der Waals surface area (Å²) in [6.07, 6.45) is 4.87. The topological polar surface area (TPSA) is 113 Å². The fraction of sp³-hybridized carbons (Fsp3) is 0.227. The third-order valence-corrected chi connectivity index (χ3v) is 7.78. The number of nitrogens with one attached hydrogen (secondary N) is 3. The number of nitrogens with zero attached hydrogens (tertiary/aromatic N) is 3. The minimum Gasteiger partial charge on any atom is -0.363 e. The SMILES string of the molecule is Cc1ccc(S(=O)(=O)c2cnc3[nH]cc(-c4ncc(F)c(N[C@H]5CCNC5)n4)c3c2)c(Cl)c1. The summed E-state index contributed by atoms with van der Waals surface area (Å²) in [5, 5.41) is 6.96. The van der Waals surface area contributed by atoms with E-state index in [1.165, 1.54) is 18.3 Å². The Morgan fingerprint density at radius 3 is 2.82 bits per heavy atom. The third kappa shape index (κ3) is 4.05. The van der Waals surface area contributed by atoms with Gasteiger partial charge < -0.3 is 15.6 Å². The van der Waals surface area contributed by atoms with Crippen LogP contribution in [0.1, 0.15) is 12.0 Å². The number of aromatic nitrogens is 4. The summed E-state index contributed by atoms with van der Waals surface area (Å²) in [5.41, 5.74) is 1.82. The quantitative estimate of drug-likeness (QED) is 0.394. The lowest BCUT2D eigenvalue weighted by atomic mass is 10.2. The van der Waals surface area contributed by atoms with Gasteiger partial charge in [-0.1, -0.05) is 17.7 Å². The molecule has 4 heterocycles. The number of fused-ring (bicyclic) bond motifs is 1. The highest BCUT2D eigenvalue weighted by atomic mass is 35.5. The van der Waals surface area contributed by atoms with Crippen molar-refractivity contribution in [1.29, 1.82) is 0 Å². The minimum absolute atomic E-state index is 0.00249. The number of anilines is 1. The lowest BCUT2D eigenvalue weighted by Gasteiger charge is -2.13. The molecule has 3 N–H and O–H groups in total. The van der Waals surface area contributed by atoms with Crippen LogP contribution in [0.2, 0.25) is 5.02 Å². The first kappa shape index (κ1) is 21.7. The number of sulfone groups is 1. The second-order valence-electron chi connectivity index (χ2n) is 7.93. The predicted molar refractivity (Wildman–Crippen MR) is 124 cm³/mol. The van der Waals surface area contributed by atoms with E-state index >= 15 is 0 Å². The number of halogens is 2. The van der Waals surface area contributed by atoms with Gasteiger partial charge in [0.1, 0.15) is 5.65 Å². The predicted octanol–water partition coefficient (Wildman–Crippen LogP) is 3.73. The van der Waals surface area contributed by atoms with Crippen LogP contribution in [0.25, 0.3) is 22.4 Å². The van der Waals surface area contributed by atoms with Crippen molar-refractivity contribution < 1.29 is 12.8 Å². The van der Waals surface area contributed by atoms with E-state index in [-0.39, 0.29) is 32.5 Å². The van der Waals surface area contributed by atoms with Crippen LogP contribution in [0, 0.1) is 12.7 Å². The van der Waals surface area contributed by atoms with E-state index in [2.05, 4.69) is 30.6 Å². The van der Waals surface area contributed by atoms with Crippen LogP contribution in [-0.4, -0.2) is 47.5 Å². The average molecular weight is 487 g/mol. The number of aryl methyl sites for hydroxylation is 1. The summed E-state index contributed by atoms with van der Waals surface area (Å²) < 4.78 is 40.8. The van der Waals surface area contributed by atoms with Gasteiger partial charge in [0.25, 0.3) is 0 Å². The molecule has 0 bridgehead atoms. The molecule has 0 amide bonds. The minimum atomic E-state index is -3.91. The second-order valence-corrected chi connectivity index (χ2v) is 10.3. The maximum Gasteiger partial charge on any atom is 0.209 e. The first-order chi connectivity index (χ1) is 15.8. The Morgan fingerprint density at radius 2 is 2.06 bits per heavy atom. The van der Waals surface area contributed by atoms with E-state index in [1.54, 1.807) is 18.3 Å². The zero-order valence-corrected chi connectivity index (χ0v) is 19.1. The zero-order chi connectivity index (χ0) is 23.2. The summed E-state index contributed by atoms with van der Waals surface area (Å²) in [4.78, 5) is 15.7. The lowest BCUT2D eigenvalue weighted by Crippen LogP contribution is -2.23. The standard InChI is InChI=1S/C22H20ClFN6O2S/c1-12-2-3-19(17(23)6-12)33(31,32)14-7-15-16(10-27-20(15)26-9-14)21-28-11-18(24)22(30-21)29-13-4-5-25-8-13/h2-3,6-7,9-11,13,25H,4-5,8H2,1H3,(H,26,27)(H,28,29,30)/t13-/m0/s1. The molecule has 1 aliphatic heterocycles. The number of hydrogen-bond acceptors (Lipinski definition) is 7. The molecule has 1 aromatic carbocycles. The van der Waals surface area contributed by atoms with E-state index in [0.717, 1.165) is 31.3 Å². The van der Waals surface area contributed by atoms with Gasteiger partial charge in [0.2, 0.25) is 9.84 Å². The summed E-state index contributed by atoms with van der Waals surface area (Å²) >= 11 is 6.22. The maximum absolute atomic E-state index is 14.3. The number of pyridine rings is 1. The van der Waals surface area contributed by atoms with Crippen molar-refractivity contribution in [2.75, 3.05) is 18.4 Å². The van der Waals surface area contributed by atoms with Gasteiger partial charge in [0.05, 0.1) is 21.0 Å². The Morgan fingerprint density at radius 1 is 1.21 bits per heavy atom. The second kappa shape index (κ2) is 8.36. The Hall–Kier alpha value is -3.08. The Labute approximate surface area is 194 Å². The zero-order valence-electron chi connectivity index (χ0n) is 17.6. The summed E-state index contributed by atoms with van der Waals surface area (Å²) in [5.74, 6) is -0.201. The van der Waals surface area contributed by atoms with E-state index in [1.807, 2.05) is 6.92 Å². The molecule has 0 unspecified atom stereocenters. The van der Waals surface area contributed by atoms with Crippen molar-refractivity contribution in [3.63, 3.8) is 0 Å². The first-order valence-electron chi connectivity index (χ1n) is 10.3. The molecule has 170 valence electrons. The van der Waals surface area contributed by atoms with Crippen LogP contribution < -0.4 is 10.6 Å². The molecule has 1 atom stereocenters. The average Bonchev–Trinajstić information content (AvgIpc) is 3.44. The van der Waals surface area contributed by atoms with Crippen molar-refractivity contribution in [3.05, 3.63) is 59.3 Å². The summed E-state index contributed by atoms with van der Waals surface area (Å²) in [7, 11) is -3.91.